The van der Waals surface area contributed by atoms with E-state index in [1.807, 2.05) is 0 Å². The number of primary amides is 1. The molecule has 6 heterocycles. The second kappa shape index (κ2) is 28.0. The van der Waals surface area contributed by atoms with E-state index >= 15 is 4.21 Å². The van der Waals surface area contributed by atoms with E-state index in [4.69, 9.17) is 5.73 Å². The van der Waals surface area contributed by atoms with Crippen LogP contribution >= 0.6 is 0 Å². The van der Waals surface area contributed by atoms with Crippen molar-refractivity contribution in [3.63, 3.8) is 0 Å². The van der Waals surface area contributed by atoms with Crippen molar-refractivity contribution in [3.8, 4) is 5.75 Å². The number of nitrogens with one attached hydrogen (secondary N) is 8. The van der Waals surface area contributed by atoms with Gasteiger partial charge in [-0.25, -0.2) is 0 Å². The van der Waals surface area contributed by atoms with Crippen molar-refractivity contribution in [2.24, 2.45) is 17.6 Å². The van der Waals surface area contributed by atoms with E-state index in [2.05, 4.69) is 42.2 Å². The van der Waals surface area contributed by atoms with Gasteiger partial charge in [0.05, 0.1) is 60.4 Å². The number of piperazine rings is 1. The summed E-state index contributed by atoms with van der Waals surface area (Å²) in [4.78, 5) is 173. The maximum absolute atomic E-state index is 15.3. The van der Waals surface area contributed by atoms with E-state index in [0.29, 0.717) is 25.7 Å². The molecule has 5 aliphatic heterocycles. The molecule has 5 aliphatic rings. The number of hydrogen-bond donors (Lipinski definition) is 13. The number of aromatic nitrogens is 1. The summed E-state index contributed by atoms with van der Waals surface area (Å²) >= 11 is 0. The zero-order chi connectivity index (χ0) is 61.3. The topological polar surface area (TPSA) is 442 Å². The largest absolute Gasteiger partial charge is 0.506 e. The number of aliphatic hydroxyl groups excluding tert-OH is 3. The molecule has 1 aromatic carbocycles. The van der Waals surface area contributed by atoms with Gasteiger partial charge in [0.1, 0.15) is 52.7 Å². The van der Waals surface area contributed by atoms with Crippen molar-refractivity contribution in [3.05, 3.63) is 29.8 Å². The number of amides is 12. The average Bonchev–Trinajstić information content (AvgIpc) is 2.10. The Hall–Kier alpha value is -8.03. The maximum atomic E-state index is 15.3. The van der Waals surface area contributed by atoms with Gasteiger partial charge in [-0.05, 0) is 36.5 Å². The molecule has 84 heavy (non-hydrogen) atoms. The molecule has 12 amide bonds. The lowest BCUT2D eigenvalue weighted by Gasteiger charge is -2.36. The molecule has 31 heteroatoms. The molecule has 11 atom stereocenters. The molecule has 14 N–H and O–H groups in total. The third-order valence-electron chi connectivity index (χ3n) is 15.8. The summed E-state index contributed by atoms with van der Waals surface area (Å²) < 4.78 is 15.3. The van der Waals surface area contributed by atoms with E-state index < -0.39 is 187 Å². The molecule has 0 saturated carbocycles. The normalized spacial score (nSPS) is 26.5. The summed E-state index contributed by atoms with van der Waals surface area (Å²) in [6, 6.07) is -7.64. The number of fused-ring (bicyclic) bond motifs is 5. The number of nitrogens with zero attached hydrogens (tertiary/aromatic N) is 4. The standard InChI is InChI=1S/C53H73N13O17S/c1-4-26(2)43-50(80)56-21-38(72)57-33-25-84(83)52-30(29-9-10-35(69)46(45(29)62-52)64-16-14-63(15-17-64)40(74)8-6-5-7-13-65-41(75)11-12-42(65)76)19-31(47(77)55-22-39(73)60-43)58-51(81)44(27(3)36(70)24-67)61-49(79)34-18-28(68)23-66(34)53(82)32(20-37(54)71)59-48(33)78/h9-12,26-28,31-34,36,43-44,62,67-70H,4-8,13-25H2,1-3H3,(H2,54,71)(H,55,77)(H,56,80)(H,57,72)(H,58,81)(H,59,78)(H,60,73)(H,61,79)/t26-,27+,28+,31+,32-,33+,34-,36+,43-,44-,84?/m0/s1. The van der Waals surface area contributed by atoms with Crippen molar-refractivity contribution in [2.45, 2.75) is 126 Å². The summed E-state index contributed by atoms with van der Waals surface area (Å²) in [7, 11) is -2.53. The number of carbonyl (C=O) groups is 12. The molecular formula is C53H73N13O17S. The first-order valence-corrected chi connectivity index (χ1v) is 29.1. The summed E-state index contributed by atoms with van der Waals surface area (Å²) in [5.74, 6) is -13.6. The highest BCUT2D eigenvalue weighted by Crippen LogP contribution is 2.40. The van der Waals surface area contributed by atoms with Gasteiger partial charge in [0.25, 0.3) is 11.8 Å². The summed E-state index contributed by atoms with van der Waals surface area (Å²) in [5, 5.41) is 60.8. The van der Waals surface area contributed by atoms with Gasteiger partial charge in [0.2, 0.25) is 59.1 Å². The number of imide groups is 1. The molecular weight excluding hydrogens is 1120 g/mol. The predicted molar refractivity (Wildman–Crippen MR) is 295 cm³/mol. The molecule has 1 unspecified atom stereocenters. The zero-order valence-electron chi connectivity index (χ0n) is 46.7. The molecule has 2 saturated heterocycles. The van der Waals surface area contributed by atoms with E-state index in [-0.39, 0.29) is 78.0 Å². The van der Waals surface area contributed by atoms with Gasteiger partial charge < -0.3 is 83.1 Å². The third-order valence-corrected chi connectivity index (χ3v) is 17.2. The minimum absolute atomic E-state index is 0.0104. The van der Waals surface area contributed by atoms with E-state index in [1.165, 1.54) is 31.2 Å². The number of hydrogen-bond acceptors (Lipinski definition) is 18. The molecule has 0 aliphatic carbocycles. The lowest BCUT2D eigenvalue weighted by molar-refractivity contribution is -0.144. The lowest BCUT2D eigenvalue weighted by Crippen LogP contribution is -2.62. The SMILES string of the molecule is CC[C@H](C)[C@@H]1NC(=O)CNC(=O)[C@H]2Cc3c([nH]c4c(N5CCN(C(=O)CCCCCN6C(=O)C=CC6=O)CC5)c(O)ccc34)S(=O)C[C@@H](NC(=O)CNC1=O)C(=O)N[C@@H](CC(N)=O)C(=O)N1C[C@H](O)C[C@H]1C(=O)N[C@@H]([C@H](C)[C@H](O)CO)C(=O)N2. The van der Waals surface area contributed by atoms with Gasteiger partial charge in [-0.1, -0.05) is 33.6 Å². The number of aromatic hydroxyl groups is 1. The minimum Gasteiger partial charge on any atom is -0.506 e. The molecule has 2 fully saturated rings. The summed E-state index contributed by atoms with van der Waals surface area (Å²) in [6.45, 7) is 2.42. The summed E-state index contributed by atoms with van der Waals surface area (Å²) in [5.41, 5.74) is 5.84. The van der Waals surface area contributed by atoms with E-state index in [9.17, 15) is 78.0 Å². The van der Waals surface area contributed by atoms with Crippen LogP contribution in [-0.2, 0) is 74.8 Å². The number of carbonyl (C=O) groups excluding carboxylic acids is 12. The van der Waals surface area contributed by atoms with Crippen LogP contribution in [0, 0.1) is 11.8 Å². The number of rotatable bonds is 14. The van der Waals surface area contributed by atoms with Crippen LogP contribution in [-0.4, -0.2) is 228 Å². The number of phenols is 1. The number of H-pyrrole nitrogens is 1. The molecule has 0 radical (unpaired) electrons. The second-order valence-electron chi connectivity index (χ2n) is 21.6. The number of aromatic amines is 1. The Bertz CT molecular complexity index is 2960. The van der Waals surface area contributed by atoms with Crippen molar-refractivity contribution in [1.29, 1.82) is 0 Å². The van der Waals surface area contributed by atoms with Gasteiger partial charge >= 0.3 is 0 Å². The second-order valence-corrected chi connectivity index (χ2v) is 23.0. The number of anilines is 1. The van der Waals surface area contributed by atoms with Crippen LogP contribution in [0.3, 0.4) is 0 Å². The van der Waals surface area contributed by atoms with Crippen molar-refractivity contribution < 1.29 is 82.2 Å². The van der Waals surface area contributed by atoms with Crippen LogP contribution in [0.5, 0.6) is 5.75 Å². The van der Waals surface area contributed by atoms with Crippen molar-refractivity contribution in [2.75, 3.05) is 69.6 Å². The smallest absolute Gasteiger partial charge is 0.253 e. The Kier molecular flexibility index (Phi) is 21.2. The fourth-order valence-electron chi connectivity index (χ4n) is 10.8. The number of benzene rings is 1. The van der Waals surface area contributed by atoms with Crippen LogP contribution in [0.4, 0.5) is 5.69 Å². The molecule has 7 rings (SSSR count). The van der Waals surface area contributed by atoms with Crippen molar-refractivity contribution >= 4 is 98.3 Å². The minimum atomic E-state index is -2.53. The first-order valence-electron chi connectivity index (χ1n) is 27.8. The van der Waals surface area contributed by atoms with Gasteiger partial charge in [-0.2, -0.15) is 0 Å². The van der Waals surface area contributed by atoms with E-state index in [1.54, 1.807) is 23.6 Å². The fourth-order valence-corrected chi connectivity index (χ4v) is 12.2. The first-order chi connectivity index (χ1) is 39.9. The predicted octanol–water partition coefficient (Wildman–Crippen LogP) is -5.79. The van der Waals surface area contributed by atoms with Crippen LogP contribution in [0.1, 0.15) is 71.3 Å². The molecule has 458 valence electrons. The molecule has 2 aromatic rings. The first kappa shape index (κ1) is 63.5. The molecule has 2 bridgehead atoms. The monoisotopic (exact) mass is 1200 g/mol. The van der Waals surface area contributed by atoms with Gasteiger partial charge in [0.15, 0.2) is 0 Å². The quantitative estimate of drug-likeness (QED) is 0.0619. The number of aliphatic hydroxyl groups is 3. The average molecular weight is 1200 g/mol. The molecule has 1 aromatic heterocycles. The lowest BCUT2D eigenvalue weighted by atomic mass is 9.93. The number of phenolic OH excluding ortho intramolecular Hbond substituents is 1. The van der Waals surface area contributed by atoms with Crippen LogP contribution in [0.15, 0.2) is 29.3 Å². The highest BCUT2D eigenvalue weighted by atomic mass is 32.2. The number of unbranched alkanes of at least 4 members (excludes halogenated alkanes) is 2. The maximum Gasteiger partial charge on any atom is 0.253 e. The molecule has 30 nitrogen and oxygen atoms in total. The number of nitrogens with two attached hydrogens (primary N) is 1. The van der Waals surface area contributed by atoms with Crippen LogP contribution in [0.2, 0.25) is 0 Å². The fraction of sp³-hybridized carbons (Fsp3) is 0.585. The zero-order valence-corrected chi connectivity index (χ0v) is 47.5. The van der Waals surface area contributed by atoms with Crippen LogP contribution in [0.25, 0.3) is 10.9 Å². The van der Waals surface area contributed by atoms with Crippen molar-refractivity contribution in [1.82, 2.24) is 56.9 Å². The van der Waals surface area contributed by atoms with Gasteiger partial charge in [-0.15, -0.1) is 0 Å². The third kappa shape index (κ3) is 15.0. The highest BCUT2D eigenvalue weighted by molar-refractivity contribution is 7.85. The van der Waals surface area contributed by atoms with Gasteiger partial charge in [0, 0.05) is 82.0 Å². The Morgan fingerprint density at radius 1 is 0.786 bits per heavy atom. The molecule has 0 spiro atoms. The van der Waals surface area contributed by atoms with E-state index in [0.717, 1.165) is 9.80 Å². The Morgan fingerprint density at radius 3 is 2.11 bits per heavy atom. The Balaban J connectivity index is 1.32. The van der Waals surface area contributed by atoms with Gasteiger partial charge in [-0.3, -0.25) is 66.6 Å². The summed E-state index contributed by atoms with van der Waals surface area (Å²) in [6.07, 6.45) is -0.597. The Morgan fingerprint density at radius 2 is 1.45 bits per heavy atom. The van der Waals surface area contributed by atoms with Crippen LogP contribution < -0.4 is 47.9 Å². The Labute approximate surface area is 484 Å². The highest BCUT2D eigenvalue weighted by Gasteiger charge is 2.45.